The molecule has 0 bridgehead atoms. The fraction of sp³-hybridized carbons (Fsp3) is 0.643. The highest BCUT2D eigenvalue weighted by atomic mass is 127. The SMILES string of the molecule is CCCCCC(C)(C)CNC(=O)c1csc(I)c1. The Morgan fingerprint density at radius 3 is 2.72 bits per heavy atom. The molecule has 0 spiro atoms. The van der Waals surface area contributed by atoms with Crippen LogP contribution in [0.1, 0.15) is 56.8 Å². The van der Waals surface area contributed by atoms with Gasteiger partial charge in [-0.25, -0.2) is 0 Å². The van der Waals surface area contributed by atoms with Crippen LogP contribution in [0.2, 0.25) is 0 Å². The molecule has 0 aliphatic carbocycles. The van der Waals surface area contributed by atoms with Crippen molar-refractivity contribution in [1.82, 2.24) is 5.32 Å². The van der Waals surface area contributed by atoms with Crippen molar-refractivity contribution >= 4 is 39.8 Å². The molecular formula is C14H22INOS. The van der Waals surface area contributed by atoms with E-state index >= 15 is 0 Å². The first-order valence-electron chi connectivity index (χ1n) is 6.47. The minimum Gasteiger partial charge on any atom is -0.351 e. The Hall–Kier alpha value is -0.100. The average Bonchev–Trinajstić information content (AvgIpc) is 2.73. The molecule has 2 nitrogen and oxygen atoms in total. The number of hydrogen-bond donors (Lipinski definition) is 1. The van der Waals surface area contributed by atoms with Gasteiger partial charge in [-0.15, -0.1) is 11.3 Å². The molecule has 0 aliphatic rings. The second-order valence-corrected chi connectivity index (χ2v) is 8.25. The van der Waals surface area contributed by atoms with Crippen LogP contribution in [-0.4, -0.2) is 12.5 Å². The van der Waals surface area contributed by atoms with Gasteiger partial charge in [-0.1, -0.05) is 40.0 Å². The van der Waals surface area contributed by atoms with Crippen molar-refractivity contribution in [3.63, 3.8) is 0 Å². The summed E-state index contributed by atoms with van der Waals surface area (Å²) in [4.78, 5) is 11.9. The molecule has 1 N–H and O–H groups in total. The van der Waals surface area contributed by atoms with E-state index in [-0.39, 0.29) is 11.3 Å². The number of unbranched alkanes of at least 4 members (excludes halogenated alkanes) is 2. The van der Waals surface area contributed by atoms with Crippen molar-refractivity contribution in [2.75, 3.05) is 6.54 Å². The quantitative estimate of drug-likeness (QED) is 0.541. The van der Waals surface area contributed by atoms with Gasteiger partial charge in [0.15, 0.2) is 0 Å². The molecular weight excluding hydrogens is 357 g/mol. The van der Waals surface area contributed by atoms with Crippen LogP contribution in [0.3, 0.4) is 0 Å². The highest BCUT2D eigenvalue weighted by Crippen LogP contribution is 2.23. The lowest BCUT2D eigenvalue weighted by Gasteiger charge is -2.24. The van der Waals surface area contributed by atoms with Crippen molar-refractivity contribution in [1.29, 1.82) is 0 Å². The molecule has 0 saturated carbocycles. The summed E-state index contributed by atoms with van der Waals surface area (Å²) in [6.45, 7) is 7.41. The normalized spacial score (nSPS) is 11.6. The molecule has 0 saturated heterocycles. The fourth-order valence-corrected chi connectivity index (χ4v) is 3.12. The second kappa shape index (κ2) is 7.48. The van der Waals surface area contributed by atoms with Gasteiger partial charge in [0, 0.05) is 11.9 Å². The third-order valence-electron chi connectivity index (χ3n) is 3.01. The largest absolute Gasteiger partial charge is 0.351 e. The van der Waals surface area contributed by atoms with E-state index in [2.05, 4.69) is 48.7 Å². The Balaban J connectivity index is 2.37. The molecule has 1 aromatic heterocycles. The number of rotatable bonds is 7. The maximum atomic E-state index is 11.9. The minimum absolute atomic E-state index is 0.0535. The van der Waals surface area contributed by atoms with Crippen molar-refractivity contribution in [3.8, 4) is 0 Å². The Bertz CT molecular complexity index is 387. The highest BCUT2D eigenvalue weighted by molar-refractivity contribution is 14.1. The van der Waals surface area contributed by atoms with Crippen LogP contribution in [0.5, 0.6) is 0 Å². The molecule has 0 fully saturated rings. The van der Waals surface area contributed by atoms with E-state index in [1.165, 1.54) is 25.7 Å². The van der Waals surface area contributed by atoms with Crippen molar-refractivity contribution in [2.24, 2.45) is 5.41 Å². The van der Waals surface area contributed by atoms with Crippen LogP contribution in [0.4, 0.5) is 0 Å². The zero-order valence-electron chi connectivity index (χ0n) is 11.4. The number of nitrogens with one attached hydrogen (secondary N) is 1. The number of halogens is 1. The van der Waals surface area contributed by atoms with Gasteiger partial charge in [-0.05, 0) is 40.5 Å². The summed E-state index contributed by atoms with van der Waals surface area (Å²) in [5.74, 6) is 0.0535. The summed E-state index contributed by atoms with van der Waals surface area (Å²) in [5.41, 5.74) is 0.974. The van der Waals surface area contributed by atoms with Crippen molar-refractivity contribution in [2.45, 2.75) is 46.5 Å². The number of hydrogen-bond acceptors (Lipinski definition) is 2. The van der Waals surface area contributed by atoms with Gasteiger partial charge < -0.3 is 5.32 Å². The molecule has 0 atom stereocenters. The fourth-order valence-electron chi connectivity index (χ4n) is 1.79. The molecule has 0 unspecified atom stereocenters. The van der Waals surface area contributed by atoms with Gasteiger partial charge in [-0.3, -0.25) is 4.79 Å². The lowest BCUT2D eigenvalue weighted by Crippen LogP contribution is -2.33. The predicted molar refractivity (Wildman–Crippen MR) is 87.3 cm³/mol. The lowest BCUT2D eigenvalue weighted by molar-refractivity contribution is 0.0934. The topological polar surface area (TPSA) is 29.1 Å². The van der Waals surface area contributed by atoms with Gasteiger partial charge >= 0.3 is 0 Å². The van der Waals surface area contributed by atoms with E-state index in [9.17, 15) is 4.79 Å². The first-order chi connectivity index (χ1) is 8.44. The molecule has 0 aliphatic heterocycles. The zero-order chi connectivity index (χ0) is 13.6. The molecule has 1 rings (SSSR count). The Morgan fingerprint density at radius 2 is 2.17 bits per heavy atom. The summed E-state index contributed by atoms with van der Waals surface area (Å²) < 4.78 is 1.15. The molecule has 1 amide bonds. The van der Waals surface area contributed by atoms with Crippen LogP contribution in [0.25, 0.3) is 0 Å². The van der Waals surface area contributed by atoms with Crippen molar-refractivity contribution < 1.29 is 4.79 Å². The molecule has 1 aromatic rings. The third kappa shape index (κ3) is 5.69. The first-order valence-corrected chi connectivity index (χ1v) is 8.43. The van der Waals surface area contributed by atoms with Crippen molar-refractivity contribution in [3.05, 3.63) is 19.9 Å². The van der Waals surface area contributed by atoms with Crippen LogP contribution in [0.15, 0.2) is 11.4 Å². The number of carbonyl (C=O) groups excluding carboxylic acids is 1. The lowest BCUT2D eigenvalue weighted by atomic mass is 9.87. The molecule has 102 valence electrons. The Morgan fingerprint density at radius 1 is 1.44 bits per heavy atom. The summed E-state index contributed by atoms with van der Waals surface area (Å²) in [7, 11) is 0. The van der Waals surface area contributed by atoms with Crippen LogP contribution >= 0.6 is 33.9 Å². The Labute approximate surface area is 128 Å². The third-order valence-corrected chi connectivity index (χ3v) is 4.80. The van der Waals surface area contributed by atoms with E-state index < -0.39 is 0 Å². The van der Waals surface area contributed by atoms with E-state index in [4.69, 9.17) is 0 Å². The van der Waals surface area contributed by atoms with Crippen LogP contribution < -0.4 is 5.32 Å². The first kappa shape index (κ1) is 16.0. The maximum Gasteiger partial charge on any atom is 0.252 e. The molecule has 0 radical (unpaired) electrons. The summed E-state index contributed by atoms with van der Waals surface area (Å²) in [6, 6.07) is 1.94. The molecule has 4 heteroatoms. The molecule has 0 aromatic carbocycles. The van der Waals surface area contributed by atoms with Crippen LogP contribution in [0, 0.1) is 8.30 Å². The van der Waals surface area contributed by atoms with Gasteiger partial charge in [0.05, 0.1) is 8.45 Å². The van der Waals surface area contributed by atoms with Gasteiger partial charge in [0.2, 0.25) is 0 Å². The second-order valence-electron chi connectivity index (χ2n) is 5.44. The maximum absolute atomic E-state index is 11.9. The number of amides is 1. The zero-order valence-corrected chi connectivity index (χ0v) is 14.4. The van der Waals surface area contributed by atoms with Gasteiger partial charge in [0.25, 0.3) is 5.91 Å². The minimum atomic E-state index is 0.0535. The monoisotopic (exact) mass is 379 g/mol. The van der Waals surface area contributed by atoms with E-state index in [1.54, 1.807) is 11.3 Å². The molecule has 1 heterocycles. The number of carbonyl (C=O) groups is 1. The molecule has 18 heavy (non-hydrogen) atoms. The summed E-state index contributed by atoms with van der Waals surface area (Å²) in [5, 5.41) is 4.96. The van der Waals surface area contributed by atoms with E-state index in [0.29, 0.717) is 0 Å². The average molecular weight is 379 g/mol. The number of thiophene rings is 1. The van der Waals surface area contributed by atoms with Crippen LogP contribution in [-0.2, 0) is 0 Å². The smallest absolute Gasteiger partial charge is 0.252 e. The van der Waals surface area contributed by atoms with Gasteiger partial charge in [0.1, 0.15) is 0 Å². The summed E-state index contributed by atoms with van der Waals surface area (Å²) >= 11 is 3.85. The van der Waals surface area contributed by atoms with Gasteiger partial charge in [-0.2, -0.15) is 0 Å². The standard InChI is InChI=1S/C14H22INOS/c1-4-5-6-7-14(2,3)10-16-13(17)11-8-12(15)18-9-11/h8-9H,4-7,10H2,1-3H3,(H,16,17). The highest BCUT2D eigenvalue weighted by Gasteiger charge is 2.19. The Kier molecular flexibility index (Phi) is 6.63. The van der Waals surface area contributed by atoms with E-state index in [1.807, 2.05) is 11.4 Å². The predicted octanol–water partition coefficient (Wildman–Crippen LogP) is 4.69. The van der Waals surface area contributed by atoms with E-state index in [0.717, 1.165) is 15.0 Å². The summed E-state index contributed by atoms with van der Waals surface area (Å²) in [6.07, 6.45) is 4.94.